The van der Waals surface area contributed by atoms with Gasteiger partial charge in [0.2, 0.25) is 5.91 Å². The number of methoxy groups -OCH3 is 1. The summed E-state index contributed by atoms with van der Waals surface area (Å²) in [6.07, 6.45) is 8.34. The molecule has 184 valence electrons. The summed E-state index contributed by atoms with van der Waals surface area (Å²) in [7, 11) is 1.46. The number of carbonyl (C=O) groups is 3. The molecule has 0 aromatic carbocycles. The summed E-state index contributed by atoms with van der Waals surface area (Å²) in [6.45, 7) is 0.524. The standard InChI is InChI=1S/C24H32N4O5S/c1-32-20(26)11-15(12-25)18-7-8-19(34-18)23(30)27-21(14-5-3-2-4-6-14)24(31)28-10-9-17-22(28)16(29)13-33-17/h7-8,11-12,14,17,21-22H,2-6,9-10,13,25-26H2,1H3,(H,27,30)/b15-12+,20-11+/t17-,21?,22-/m1/s1. The number of nitrogens with one attached hydrogen (secondary N) is 1. The molecule has 1 aromatic rings. The Morgan fingerprint density at radius 3 is 2.68 bits per heavy atom. The molecule has 3 atom stereocenters. The van der Waals surface area contributed by atoms with E-state index in [0.717, 1.165) is 37.0 Å². The van der Waals surface area contributed by atoms with Crippen LogP contribution < -0.4 is 16.8 Å². The lowest BCUT2D eigenvalue weighted by Crippen LogP contribution is -2.55. The predicted molar refractivity (Wildman–Crippen MR) is 128 cm³/mol. The Bertz CT molecular complexity index is 997. The smallest absolute Gasteiger partial charge is 0.262 e. The Hall–Kier alpha value is -2.85. The number of rotatable bonds is 7. The molecule has 0 bridgehead atoms. The Morgan fingerprint density at radius 1 is 1.24 bits per heavy atom. The number of ketones is 1. The monoisotopic (exact) mass is 488 g/mol. The molecule has 2 saturated heterocycles. The van der Waals surface area contributed by atoms with E-state index in [-0.39, 0.29) is 42.1 Å². The molecule has 1 unspecified atom stereocenters. The van der Waals surface area contributed by atoms with Crippen LogP contribution in [0.3, 0.4) is 0 Å². The number of likely N-dealkylation sites (tertiary alicyclic amines) is 1. The van der Waals surface area contributed by atoms with E-state index >= 15 is 0 Å². The fraction of sp³-hybridized carbons (Fsp3) is 0.542. The van der Waals surface area contributed by atoms with E-state index in [2.05, 4.69) is 5.32 Å². The van der Waals surface area contributed by atoms with E-state index < -0.39 is 12.1 Å². The van der Waals surface area contributed by atoms with E-state index in [1.54, 1.807) is 23.1 Å². The highest BCUT2D eigenvalue weighted by atomic mass is 32.1. The van der Waals surface area contributed by atoms with Gasteiger partial charge in [0.05, 0.1) is 18.1 Å². The van der Waals surface area contributed by atoms with Crippen molar-refractivity contribution in [2.45, 2.75) is 56.7 Å². The van der Waals surface area contributed by atoms with E-state index in [9.17, 15) is 14.4 Å². The summed E-state index contributed by atoms with van der Waals surface area (Å²) < 4.78 is 10.5. The molecule has 1 saturated carbocycles. The second kappa shape index (κ2) is 10.6. The third-order valence-corrected chi connectivity index (χ3v) is 8.03. The minimum atomic E-state index is -0.668. The Balaban J connectivity index is 1.53. The van der Waals surface area contributed by atoms with E-state index in [4.69, 9.17) is 20.9 Å². The maximum Gasteiger partial charge on any atom is 0.262 e. The molecule has 2 aliphatic heterocycles. The zero-order valence-electron chi connectivity index (χ0n) is 19.3. The van der Waals surface area contributed by atoms with Crippen LogP contribution in [0.25, 0.3) is 5.57 Å². The predicted octanol–water partition coefficient (Wildman–Crippen LogP) is 1.74. The van der Waals surface area contributed by atoms with Crippen LogP contribution in [-0.2, 0) is 19.1 Å². The Kier molecular flexibility index (Phi) is 7.57. The first-order valence-corrected chi connectivity index (χ1v) is 12.5. The molecule has 1 aromatic heterocycles. The fourth-order valence-corrected chi connectivity index (χ4v) is 6.02. The van der Waals surface area contributed by atoms with Crippen molar-refractivity contribution in [2.75, 3.05) is 20.3 Å². The number of thiophene rings is 1. The zero-order valence-corrected chi connectivity index (χ0v) is 20.1. The van der Waals surface area contributed by atoms with Gasteiger partial charge in [-0.3, -0.25) is 14.4 Å². The van der Waals surface area contributed by atoms with Gasteiger partial charge in [0.25, 0.3) is 5.91 Å². The molecule has 0 spiro atoms. The molecule has 4 rings (SSSR count). The number of hydrogen-bond acceptors (Lipinski definition) is 8. The first-order chi connectivity index (χ1) is 16.4. The molecule has 3 fully saturated rings. The molecule has 3 heterocycles. The van der Waals surface area contributed by atoms with Crippen molar-refractivity contribution in [3.63, 3.8) is 0 Å². The van der Waals surface area contributed by atoms with Gasteiger partial charge >= 0.3 is 0 Å². The van der Waals surface area contributed by atoms with Crippen molar-refractivity contribution in [2.24, 2.45) is 17.4 Å². The number of nitrogens with two attached hydrogens (primary N) is 2. The Labute approximate surface area is 203 Å². The van der Waals surface area contributed by atoms with Crippen LogP contribution in [0.5, 0.6) is 0 Å². The van der Waals surface area contributed by atoms with Crippen molar-refractivity contribution in [3.05, 3.63) is 40.0 Å². The second-order valence-electron chi connectivity index (χ2n) is 8.97. The lowest BCUT2D eigenvalue weighted by molar-refractivity contribution is -0.139. The van der Waals surface area contributed by atoms with Gasteiger partial charge in [0.15, 0.2) is 11.7 Å². The number of ether oxygens (including phenoxy) is 2. The highest BCUT2D eigenvalue weighted by molar-refractivity contribution is 7.15. The van der Waals surface area contributed by atoms with Crippen LogP contribution in [0.2, 0.25) is 0 Å². The molecular formula is C24H32N4O5S. The first kappa shape index (κ1) is 24.3. The van der Waals surface area contributed by atoms with Crippen LogP contribution in [0.1, 0.15) is 53.1 Å². The molecular weight excluding hydrogens is 456 g/mol. The average Bonchev–Trinajstić information content (AvgIpc) is 3.59. The highest BCUT2D eigenvalue weighted by Gasteiger charge is 2.49. The molecule has 0 radical (unpaired) electrons. The lowest BCUT2D eigenvalue weighted by atomic mass is 9.83. The van der Waals surface area contributed by atoms with E-state index in [0.29, 0.717) is 23.4 Å². The van der Waals surface area contributed by atoms with E-state index in [1.807, 2.05) is 0 Å². The summed E-state index contributed by atoms with van der Waals surface area (Å²) in [5.41, 5.74) is 12.1. The number of carbonyl (C=O) groups excluding carboxylic acids is 3. The van der Waals surface area contributed by atoms with Gasteiger partial charge in [-0.25, -0.2) is 0 Å². The summed E-state index contributed by atoms with van der Waals surface area (Å²) in [4.78, 5) is 42.1. The van der Waals surface area contributed by atoms with Crippen LogP contribution in [0.4, 0.5) is 0 Å². The third-order valence-electron chi connectivity index (χ3n) is 6.90. The topological polar surface area (TPSA) is 137 Å². The average molecular weight is 489 g/mol. The quantitative estimate of drug-likeness (QED) is 0.393. The van der Waals surface area contributed by atoms with Crippen molar-refractivity contribution in [1.29, 1.82) is 0 Å². The largest absolute Gasteiger partial charge is 0.483 e. The molecule has 34 heavy (non-hydrogen) atoms. The maximum atomic E-state index is 13.7. The Morgan fingerprint density at radius 2 is 1.97 bits per heavy atom. The van der Waals surface area contributed by atoms with Gasteiger partial charge in [-0.15, -0.1) is 11.3 Å². The fourth-order valence-electron chi connectivity index (χ4n) is 5.11. The van der Waals surface area contributed by atoms with Gasteiger partial charge in [0.1, 0.15) is 18.7 Å². The summed E-state index contributed by atoms with van der Waals surface area (Å²) in [5.74, 6) is -0.304. The number of Topliss-reactive ketones (excluding diaryl/α,β-unsaturated/α-hetero) is 1. The maximum absolute atomic E-state index is 13.7. The molecule has 10 heteroatoms. The van der Waals surface area contributed by atoms with Crippen LogP contribution in [0.15, 0.2) is 30.3 Å². The van der Waals surface area contributed by atoms with Gasteiger partial charge in [-0.1, -0.05) is 19.3 Å². The summed E-state index contributed by atoms with van der Waals surface area (Å²) in [5, 5.41) is 3.01. The molecule has 3 aliphatic rings. The molecule has 9 nitrogen and oxygen atoms in total. The highest BCUT2D eigenvalue weighted by Crippen LogP contribution is 2.32. The zero-order chi connectivity index (χ0) is 24.2. The second-order valence-corrected chi connectivity index (χ2v) is 10.1. The van der Waals surface area contributed by atoms with Crippen molar-refractivity contribution in [3.8, 4) is 0 Å². The SMILES string of the molecule is CO/C(N)=C/C(=C\N)c1ccc(C(=O)NC(C(=O)N2CC[C@H]3OCC(=O)[C@H]32)C2CCCCC2)s1. The summed E-state index contributed by atoms with van der Waals surface area (Å²) >= 11 is 1.26. The molecule has 2 amide bonds. The van der Waals surface area contributed by atoms with Gasteiger partial charge in [0, 0.05) is 29.3 Å². The van der Waals surface area contributed by atoms with Gasteiger partial charge in [-0.2, -0.15) is 0 Å². The minimum absolute atomic E-state index is 0.0463. The number of hydrogen-bond donors (Lipinski definition) is 3. The van der Waals surface area contributed by atoms with Crippen molar-refractivity contribution in [1.82, 2.24) is 10.2 Å². The van der Waals surface area contributed by atoms with E-state index in [1.165, 1.54) is 24.6 Å². The van der Waals surface area contributed by atoms with Crippen LogP contribution in [-0.4, -0.2) is 60.9 Å². The summed E-state index contributed by atoms with van der Waals surface area (Å²) in [6, 6.07) is 2.30. The first-order valence-electron chi connectivity index (χ1n) is 11.7. The normalized spacial score (nSPS) is 24.7. The third kappa shape index (κ3) is 4.97. The van der Waals surface area contributed by atoms with Crippen LogP contribution in [0, 0.1) is 5.92 Å². The number of allylic oxidation sites excluding steroid dienone is 2. The van der Waals surface area contributed by atoms with Gasteiger partial charge in [-0.05, 0) is 37.3 Å². The molecule has 5 N–H and O–H groups in total. The van der Waals surface area contributed by atoms with Crippen LogP contribution >= 0.6 is 11.3 Å². The number of fused-ring (bicyclic) bond motifs is 1. The number of nitrogens with zero attached hydrogens (tertiary/aromatic N) is 1. The molecule has 1 aliphatic carbocycles. The minimum Gasteiger partial charge on any atom is -0.483 e. The van der Waals surface area contributed by atoms with Crippen molar-refractivity contribution >= 4 is 34.5 Å². The lowest BCUT2D eigenvalue weighted by Gasteiger charge is -2.34. The number of amides is 2. The van der Waals surface area contributed by atoms with Crippen molar-refractivity contribution < 1.29 is 23.9 Å². The van der Waals surface area contributed by atoms with Gasteiger partial charge < -0.3 is 31.2 Å².